The van der Waals surface area contributed by atoms with E-state index < -0.39 is 0 Å². The summed E-state index contributed by atoms with van der Waals surface area (Å²) in [5.74, 6) is 1.97. The van der Waals surface area contributed by atoms with Crippen molar-refractivity contribution in [3.63, 3.8) is 0 Å². The van der Waals surface area contributed by atoms with E-state index in [0.717, 1.165) is 50.9 Å². The lowest BCUT2D eigenvalue weighted by atomic mass is 10.2. The highest BCUT2D eigenvalue weighted by Gasteiger charge is 2.11. The van der Waals surface area contributed by atoms with E-state index in [1.165, 1.54) is 44.2 Å². The number of hydrogen-bond acceptors (Lipinski definition) is 4. The highest BCUT2D eigenvalue weighted by Crippen LogP contribution is 2.17. The van der Waals surface area contributed by atoms with Gasteiger partial charge in [-0.3, -0.25) is 4.99 Å². The van der Waals surface area contributed by atoms with Crippen LogP contribution < -0.4 is 15.5 Å². The van der Waals surface area contributed by atoms with Gasteiger partial charge in [0.15, 0.2) is 5.96 Å². The van der Waals surface area contributed by atoms with Gasteiger partial charge >= 0.3 is 0 Å². The first-order valence-electron chi connectivity index (χ1n) is 11.6. The third-order valence-corrected chi connectivity index (χ3v) is 5.81. The molecule has 6 heteroatoms. The number of nitrogens with zero attached hydrogens (tertiary/aromatic N) is 4. The zero-order valence-corrected chi connectivity index (χ0v) is 19.1. The van der Waals surface area contributed by atoms with Gasteiger partial charge in [-0.2, -0.15) is 0 Å². The van der Waals surface area contributed by atoms with E-state index in [4.69, 9.17) is 4.98 Å². The molecule has 1 atom stereocenters. The summed E-state index contributed by atoms with van der Waals surface area (Å²) >= 11 is 0. The molecular weight excluding hydrogens is 360 g/mol. The van der Waals surface area contributed by atoms with Crippen LogP contribution in [0.1, 0.15) is 64.9 Å². The van der Waals surface area contributed by atoms with E-state index in [-0.39, 0.29) is 0 Å². The predicted molar refractivity (Wildman–Crippen MR) is 125 cm³/mol. The number of aromatic nitrogens is 1. The molecule has 1 aromatic heterocycles. The Balaban J connectivity index is 1.74. The van der Waals surface area contributed by atoms with Gasteiger partial charge < -0.3 is 20.4 Å². The summed E-state index contributed by atoms with van der Waals surface area (Å²) < 4.78 is 0. The minimum atomic E-state index is 0.403. The van der Waals surface area contributed by atoms with Crippen LogP contribution in [0.4, 0.5) is 5.82 Å². The zero-order chi connectivity index (χ0) is 20.9. The summed E-state index contributed by atoms with van der Waals surface area (Å²) in [6, 6.07) is 4.75. The Labute approximate surface area is 178 Å². The maximum Gasteiger partial charge on any atom is 0.191 e. The van der Waals surface area contributed by atoms with E-state index in [2.05, 4.69) is 58.3 Å². The molecule has 2 heterocycles. The molecule has 0 radical (unpaired) electrons. The van der Waals surface area contributed by atoms with E-state index in [1.807, 2.05) is 13.2 Å². The van der Waals surface area contributed by atoms with Crippen LogP contribution in [0.15, 0.2) is 23.3 Å². The molecule has 0 aliphatic carbocycles. The van der Waals surface area contributed by atoms with Crippen molar-refractivity contribution in [1.29, 1.82) is 0 Å². The first kappa shape index (κ1) is 23.5. The second kappa shape index (κ2) is 13.4. The van der Waals surface area contributed by atoms with Gasteiger partial charge in [-0.1, -0.05) is 32.8 Å². The molecule has 0 bridgehead atoms. The Hall–Kier alpha value is -1.82. The van der Waals surface area contributed by atoms with Crippen LogP contribution in [0.3, 0.4) is 0 Å². The number of rotatable bonds is 10. The summed E-state index contributed by atoms with van der Waals surface area (Å²) in [4.78, 5) is 14.0. The molecule has 0 spiro atoms. The van der Waals surface area contributed by atoms with Gasteiger partial charge in [0, 0.05) is 38.9 Å². The number of hydrogen-bond donors (Lipinski definition) is 2. The van der Waals surface area contributed by atoms with Gasteiger partial charge in [0.1, 0.15) is 5.82 Å². The second-order valence-electron chi connectivity index (χ2n) is 8.07. The van der Waals surface area contributed by atoms with Crippen molar-refractivity contribution < 1.29 is 0 Å². The van der Waals surface area contributed by atoms with Gasteiger partial charge in [-0.15, -0.1) is 0 Å². The van der Waals surface area contributed by atoms with Crippen LogP contribution in [0.2, 0.25) is 0 Å². The number of pyridine rings is 1. The summed E-state index contributed by atoms with van der Waals surface area (Å²) in [7, 11) is 1.83. The Morgan fingerprint density at radius 3 is 2.48 bits per heavy atom. The molecule has 1 unspecified atom stereocenters. The number of aliphatic imine (C=N–C) groups is 1. The summed E-state index contributed by atoms with van der Waals surface area (Å²) in [5.41, 5.74) is 1.18. The maximum absolute atomic E-state index is 4.70. The van der Waals surface area contributed by atoms with Crippen LogP contribution in [0.25, 0.3) is 0 Å². The van der Waals surface area contributed by atoms with Crippen molar-refractivity contribution in [3.8, 4) is 0 Å². The molecule has 2 rings (SSSR count). The van der Waals surface area contributed by atoms with Gasteiger partial charge in [0.05, 0.1) is 0 Å². The first-order valence-corrected chi connectivity index (χ1v) is 11.6. The van der Waals surface area contributed by atoms with Gasteiger partial charge in [0.2, 0.25) is 0 Å². The van der Waals surface area contributed by atoms with Crippen LogP contribution >= 0.6 is 0 Å². The fraction of sp³-hybridized carbons (Fsp3) is 0.739. The fourth-order valence-electron chi connectivity index (χ4n) is 3.85. The van der Waals surface area contributed by atoms with Gasteiger partial charge in [-0.25, -0.2) is 4.98 Å². The lowest BCUT2D eigenvalue weighted by Crippen LogP contribution is -2.42. The largest absolute Gasteiger partial charge is 0.357 e. The minimum Gasteiger partial charge on any atom is -0.357 e. The van der Waals surface area contributed by atoms with E-state index in [0.29, 0.717) is 6.04 Å². The monoisotopic (exact) mass is 402 g/mol. The molecule has 0 saturated carbocycles. The third kappa shape index (κ3) is 8.60. The van der Waals surface area contributed by atoms with E-state index in [9.17, 15) is 0 Å². The molecule has 1 aliphatic rings. The van der Waals surface area contributed by atoms with Crippen molar-refractivity contribution in [2.24, 2.45) is 4.99 Å². The van der Waals surface area contributed by atoms with Crippen molar-refractivity contribution in [1.82, 2.24) is 20.5 Å². The maximum atomic E-state index is 4.70. The Morgan fingerprint density at radius 2 is 1.90 bits per heavy atom. The van der Waals surface area contributed by atoms with Gasteiger partial charge in [-0.05, 0) is 63.9 Å². The van der Waals surface area contributed by atoms with E-state index >= 15 is 0 Å². The van der Waals surface area contributed by atoms with Crippen molar-refractivity contribution in [2.45, 2.75) is 71.9 Å². The molecule has 6 nitrogen and oxygen atoms in total. The third-order valence-electron chi connectivity index (χ3n) is 5.81. The standard InChI is InChI=1S/C23H42N6/c1-5-28(6-2)15-11-12-20(3)27-23(24-4)26-19-21-13-14-22(25-18-21)29-16-9-7-8-10-17-29/h13-14,18,20H,5-12,15-17,19H2,1-4H3,(H2,24,26,27). The summed E-state index contributed by atoms with van der Waals surface area (Å²) in [5, 5.41) is 6.93. The van der Waals surface area contributed by atoms with Crippen LogP contribution in [-0.4, -0.2) is 61.7 Å². The quantitative estimate of drug-likeness (QED) is 0.462. The molecule has 29 heavy (non-hydrogen) atoms. The summed E-state index contributed by atoms with van der Waals surface area (Å²) in [6.45, 7) is 13.1. The highest BCUT2D eigenvalue weighted by atomic mass is 15.2. The topological polar surface area (TPSA) is 55.8 Å². The fourth-order valence-corrected chi connectivity index (χ4v) is 3.85. The molecule has 1 saturated heterocycles. The van der Waals surface area contributed by atoms with Crippen LogP contribution in [-0.2, 0) is 6.54 Å². The average Bonchev–Trinajstić information content (AvgIpc) is 3.04. The average molecular weight is 403 g/mol. The summed E-state index contributed by atoms with van der Waals surface area (Å²) in [6.07, 6.45) is 9.59. The SMILES string of the molecule is CCN(CC)CCCC(C)NC(=NC)NCc1ccc(N2CCCCCC2)nc1. The van der Waals surface area contributed by atoms with Crippen molar-refractivity contribution in [3.05, 3.63) is 23.9 Å². The Morgan fingerprint density at radius 1 is 1.17 bits per heavy atom. The number of anilines is 1. The molecule has 0 aromatic carbocycles. The smallest absolute Gasteiger partial charge is 0.191 e. The van der Waals surface area contributed by atoms with Crippen LogP contribution in [0.5, 0.6) is 0 Å². The Kier molecular flexibility index (Phi) is 10.8. The normalized spacial score (nSPS) is 16.6. The molecule has 1 aromatic rings. The Bertz CT molecular complexity index is 574. The lowest BCUT2D eigenvalue weighted by Gasteiger charge is -2.22. The van der Waals surface area contributed by atoms with Crippen molar-refractivity contribution in [2.75, 3.05) is 44.7 Å². The van der Waals surface area contributed by atoms with Gasteiger partial charge in [0.25, 0.3) is 0 Å². The molecular formula is C23H42N6. The second-order valence-corrected chi connectivity index (χ2v) is 8.07. The lowest BCUT2D eigenvalue weighted by molar-refractivity contribution is 0.292. The number of nitrogens with one attached hydrogen (secondary N) is 2. The molecule has 1 aliphatic heterocycles. The van der Waals surface area contributed by atoms with Crippen LogP contribution in [0, 0.1) is 0 Å². The highest BCUT2D eigenvalue weighted by molar-refractivity contribution is 5.79. The molecule has 1 fully saturated rings. The molecule has 0 amide bonds. The van der Waals surface area contributed by atoms with E-state index in [1.54, 1.807) is 0 Å². The minimum absolute atomic E-state index is 0.403. The van der Waals surface area contributed by atoms with Crippen molar-refractivity contribution >= 4 is 11.8 Å². The molecule has 2 N–H and O–H groups in total. The zero-order valence-electron chi connectivity index (χ0n) is 19.1. The first-order chi connectivity index (χ1) is 14.2. The molecule has 164 valence electrons. The predicted octanol–water partition coefficient (Wildman–Crippen LogP) is 3.64. The number of guanidine groups is 1.